The third-order valence-corrected chi connectivity index (χ3v) is 3.51. The zero-order valence-electron chi connectivity index (χ0n) is 11.1. The van der Waals surface area contributed by atoms with Crippen molar-refractivity contribution in [3.63, 3.8) is 0 Å². The van der Waals surface area contributed by atoms with E-state index in [9.17, 15) is 4.79 Å². The first-order valence-corrected chi connectivity index (χ1v) is 6.49. The predicted octanol–water partition coefficient (Wildman–Crippen LogP) is 0.967. The van der Waals surface area contributed by atoms with Gasteiger partial charge in [-0.1, -0.05) is 0 Å². The normalized spacial score (nSPS) is 18.9. The average Bonchev–Trinajstić information content (AvgIpc) is 2.99. The van der Waals surface area contributed by atoms with Crippen LogP contribution < -0.4 is 10.6 Å². The molecule has 0 bridgehead atoms. The number of carbonyl (C=O) groups excluding carboxylic acids is 1. The largest absolute Gasteiger partial charge is 0.323 e. The number of anilines is 1. The smallest absolute Gasteiger partial charge is 0.241 e. The molecule has 1 aliphatic rings. The van der Waals surface area contributed by atoms with E-state index in [0.29, 0.717) is 0 Å². The lowest BCUT2D eigenvalue weighted by Crippen LogP contribution is -2.35. The Morgan fingerprint density at radius 3 is 3.16 bits per heavy atom. The first kappa shape index (κ1) is 12.1. The second-order valence-electron chi connectivity index (χ2n) is 4.94. The summed E-state index contributed by atoms with van der Waals surface area (Å²) in [7, 11) is 1.86. The number of fused-ring (bicyclic) bond motifs is 1. The summed E-state index contributed by atoms with van der Waals surface area (Å²) in [4.78, 5) is 16.4. The van der Waals surface area contributed by atoms with Crippen molar-refractivity contribution in [2.45, 2.75) is 25.8 Å². The standard InChI is InChI=1S/C13H17N5O/c1-8-10-6-9(7-15-12(10)18(2)17-8)16-13(19)11-4-3-5-14-11/h6-7,11,14H,3-5H2,1-2H3,(H,16,19)/t11-/m0/s1. The first-order chi connectivity index (χ1) is 9.15. The Morgan fingerprint density at radius 2 is 2.42 bits per heavy atom. The minimum atomic E-state index is -0.0781. The quantitative estimate of drug-likeness (QED) is 0.843. The van der Waals surface area contributed by atoms with Gasteiger partial charge in [0.1, 0.15) is 0 Å². The molecule has 0 aromatic carbocycles. The molecule has 3 rings (SSSR count). The lowest BCUT2D eigenvalue weighted by molar-refractivity contribution is -0.117. The Kier molecular flexibility index (Phi) is 2.94. The maximum Gasteiger partial charge on any atom is 0.241 e. The third kappa shape index (κ3) is 2.19. The molecule has 1 aliphatic heterocycles. The van der Waals surface area contributed by atoms with Crippen molar-refractivity contribution in [2.75, 3.05) is 11.9 Å². The van der Waals surface area contributed by atoms with E-state index in [1.807, 2.05) is 20.0 Å². The number of amides is 1. The Labute approximate surface area is 111 Å². The maximum atomic E-state index is 12.0. The van der Waals surface area contributed by atoms with Crippen molar-refractivity contribution >= 4 is 22.6 Å². The number of nitrogens with one attached hydrogen (secondary N) is 2. The maximum absolute atomic E-state index is 12.0. The van der Waals surface area contributed by atoms with Crippen LogP contribution in [0.5, 0.6) is 0 Å². The Morgan fingerprint density at radius 1 is 1.58 bits per heavy atom. The summed E-state index contributed by atoms with van der Waals surface area (Å²) in [6, 6.07) is 1.85. The minimum Gasteiger partial charge on any atom is -0.323 e. The van der Waals surface area contributed by atoms with Crippen LogP contribution in [0.3, 0.4) is 0 Å². The molecule has 1 saturated heterocycles. The van der Waals surface area contributed by atoms with Crippen LogP contribution >= 0.6 is 0 Å². The number of nitrogens with zero attached hydrogens (tertiary/aromatic N) is 3. The van der Waals surface area contributed by atoms with Gasteiger partial charge in [-0.05, 0) is 32.4 Å². The summed E-state index contributed by atoms with van der Waals surface area (Å²) in [5.41, 5.74) is 2.47. The van der Waals surface area contributed by atoms with Crippen LogP contribution in [-0.2, 0) is 11.8 Å². The van der Waals surface area contributed by atoms with E-state index >= 15 is 0 Å². The molecular weight excluding hydrogens is 242 g/mol. The van der Waals surface area contributed by atoms with Gasteiger partial charge < -0.3 is 10.6 Å². The zero-order chi connectivity index (χ0) is 13.4. The van der Waals surface area contributed by atoms with Gasteiger partial charge in [-0.2, -0.15) is 5.10 Å². The molecule has 0 radical (unpaired) electrons. The van der Waals surface area contributed by atoms with E-state index in [4.69, 9.17) is 0 Å². The lowest BCUT2D eigenvalue weighted by atomic mass is 10.2. The SMILES string of the molecule is Cc1nn(C)c2ncc(NC(=O)[C@@H]3CCCN3)cc12. The van der Waals surface area contributed by atoms with Crippen LogP contribution in [0.2, 0.25) is 0 Å². The van der Waals surface area contributed by atoms with Crippen molar-refractivity contribution < 1.29 is 4.79 Å². The highest BCUT2D eigenvalue weighted by Gasteiger charge is 2.22. The summed E-state index contributed by atoms with van der Waals surface area (Å²) in [6.07, 6.45) is 3.63. The molecule has 2 aromatic rings. The summed E-state index contributed by atoms with van der Waals surface area (Å²) in [6.45, 7) is 2.85. The number of carbonyl (C=O) groups is 1. The number of pyridine rings is 1. The van der Waals surface area contributed by atoms with Gasteiger partial charge in [0, 0.05) is 12.4 Å². The third-order valence-electron chi connectivity index (χ3n) is 3.51. The Hall–Kier alpha value is -1.95. The van der Waals surface area contributed by atoms with Gasteiger partial charge >= 0.3 is 0 Å². The monoisotopic (exact) mass is 259 g/mol. The van der Waals surface area contributed by atoms with Crippen molar-refractivity contribution in [2.24, 2.45) is 7.05 Å². The predicted molar refractivity (Wildman–Crippen MR) is 72.9 cm³/mol. The summed E-state index contributed by atoms with van der Waals surface area (Å²) >= 11 is 0. The van der Waals surface area contributed by atoms with E-state index in [2.05, 4.69) is 20.7 Å². The van der Waals surface area contributed by atoms with Gasteiger partial charge in [0.05, 0.1) is 23.6 Å². The molecule has 2 aromatic heterocycles. The van der Waals surface area contributed by atoms with E-state index in [1.54, 1.807) is 10.9 Å². The first-order valence-electron chi connectivity index (χ1n) is 6.49. The number of hydrogen-bond acceptors (Lipinski definition) is 4. The highest BCUT2D eigenvalue weighted by molar-refractivity contribution is 5.96. The van der Waals surface area contributed by atoms with Crippen LogP contribution in [-0.4, -0.2) is 33.3 Å². The van der Waals surface area contributed by atoms with Crippen molar-refractivity contribution in [3.05, 3.63) is 18.0 Å². The summed E-state index contributed by atoms with van der Waals surface area (Å²) in [5, 5.41) is 11.4. The zero-order valence-corrected chi connectivity index (χ0v) is 11.1. The molecule has 2 N–H and O–H groups in total. The molecule has 0 saturated carbocycles. The fourth-order valence-corrected chi connectivity index (χ4v) is 2.51. The number of aryl methyl sites for hydroxylation is 2. The van der Waals surface area contributed by atoms with E-state index in [0.717, 1.165) is 41.8 Å². The van der Waals surface area contributed by atoms with Gasteiger partial charge in [-0.3, -0.25) is 9.48 Å². The second kappa shape index (κ2) is 4.62. The van der Waals surface area contributed by atoms with E-state index in [1.165, 1.54) is 0 Å². The molecule has 0 unspecified atom stereocenters. The minimum absolute atomic E-state index is 0.0141. The van der Waals surface area contributed by atoms with Crippen LogP contribution in [0.15, 0.2) is 12.3 Å². The molecule has 100 valence electrons. The number of rotatable bonds is 2. The molecule has 0 spiro atoms. The van der Waals surface area contributed by atoms with Crippen LogP contribution in [0.25, 0.3) is 11.0 Å². The van der Waals surface area contributed by atoms with Gasteiger partial charge in [0.15, 0.2) is 5.65 Å². The summed E-state index contributed by atoms with van der Waals surface area (Å²) in [5.74, 6) is 0.0141. The molecule has 3 heterocycles. The van der Waals surface area contributed by atoms with Crippen molar-refractivity contribution in [1.82, 2.24) is 20.1 Å². The van der Waals surface area contributed by atoms with Crippen molar-refractivity contribution in [1.29, 1.82) is 0 Å². The van der Waals surface area contributed by atoms with E-state index < -0.39 is 0 Å². The topological polar surface area (TPSA) is 71.8 Å². The van der Waals surface area contributed by atoms with Crippen molar-refractivity contribution in [3.8, 4) is 0 Å². The highest BCUT2D eigenvalue weighted by atomic mass is 16.2. The van der Waals surface area contributed by atoms with Gasteiger partial charge in [0.25, 0.3) is 0 Å². The number of aromatic nitrogens is 3. The van der Waals surface area contributed by atoms with Crippen LogP contribution in [0, 0.1) is 6.92 Å². The van der Waals surface area contributed by atoms with Gasteiger partial charge in [0.2, 0.25) is 5.91 Å². The highest BCUT2D eigenvalue weighted by Crippen LogP contribution is 2.19. The second-order valence-corrected chi connectivity index (χ2v) is 4.94. The fraction of sp³-hybridized carbons (Fsp3) is 0.462. The molecule has 1 fully saturated rings. The molecular formula is C13H17N5O. The molecule has 6 heteroatoms. The Balaban J connectivity index is 1.85. The van der Waals surface area contributed by atoms with E-state index in [-0.39, 0.29) is 11.9 Å². The van der Waals surface area contributed by atoms with Gasteiger partial charge in [-0.15, -0.1) is 0 Å². The number of hydrogen-bond donors (Lipinski definition) is 2. The molecule has 1 amide bonds. The molecule has 19 heavy (non-hydrogen) atoms. The van der Waals surface area contributed by atoms with Gasteiger partial charge in [-0.25, -0.2) is 4.98 Å². The average molecular weight is 259 g/mol. The van der Waals surface area contributed by atoms with Crippen LogP contribution in [0.4, 0.5) is 5.69 Å². The fourth-order valence-electron chi connectivity index (χ4n) is 2.51. The van der Waals surface area contributed by atoms with Crippen LogP contribution in [0.1, 0.15) is 18.5 Å². The molecule has 0 aliphatic carbocycles. The molecule has 1 atom stereocenters. The summed E-state index contributed by atoms with van der Waals surface area (Å²) < 4.78 is 1.74. The lowest BCUT2D eigenvalue weighted by Gasteiger charge is -2.10. The Bertz CT molecular complexity index is 627. The molecule has 6 nitrogen and oxygen atoms in total.